The van der Waals surface area contributed by atoms with Crippen molar-refractivity contribution in [3.05, 3.63) is 71.4 Å². The highest BCUT2D eigenvalue weighted by Gasteiger charge is 2.30. The predicted molar refractivity (Wildman–Crippen MR) is 156 cm³/mol. The number of nitrogens with zero attached hydrogens (tertiary/aromatic N) is 8. The van der Waals surface area contributed by atoms with Gasteiger partial charge in [-0.3, -0.25) is 13.7 Å². The molecule has 0 radical (unpaired) electrons. The summed E-state index contributed by atoms with van der Waals surface area (Å²) in [5.74, 6) is 0.899. The summed E-state index contributed by atoms with van der Waals surface area (Å²) in [4.78, 5) is 21.0. The van der Waals surface area contributed by atoms with Crippen LogP contribution >= 0.6 is 11.3 Å². The lowest BCUT2D eigenvalue weighted by molar-refractivity contribution is 0.599. The van der Waals surface area contributed by atoms with Crippen molar-refractivity contribution in [3.63, 3.8) is 0 Å². The van der Waals surface area contributed by atoms with Crippen molar-refractivity contribution >= 4 is 43.8 Å². The third-order valence-corrected chi connectivity index (χ3v) is 9.75. The average molecular weight is 589 g/mol. The Bertz CT molecular complexity index is 1890. The molecule has 13 heteroatoms. The van der Waals surface area contributed by atoms with Gasteiger partial charge in [-0.1, -0.05) is 18.3 Å². The third kappa shape index (κ3) is 4.79. The van der Waals surface area contributed by atoms with Crippen LogP contribution in [0.3, 0.4) is 0 Å². The summed E-state index contributed by atoms with van der Waals surface area (Å²) in [7, 11) is -3.34. The first-order valence-electron chi connectivity index (χ1n) is 13.1. The van der Waals surface area contributed by atoms with Crippen LogP contribution in [0.25, 0.3) is 28.2 Å². The number of sulfonamides is 1. The number of aryl methyl sites for hydroxylation is 1. The summed E-state index contributed by atoms with van der Waals surface area (Å²) >= 11 is 1.27. The van der Waals surface area contributed by atoms with Gasteiger partial charge >= 0.3 is 0 Å². The lowest BCUT2D eigenvalue weighted by atomic mass is 10.1. The van der Waals surface area contributed by atoms with Gasteiger partial charge in [0.1, 0.15) is 33.9 Å². The highest BCUT2D eigenvalue weighted by molar-refractivity contribution is 7.93. The Morgan fingerprint density at radius 2 is 1.85 bits per heavy atom. The van der Waals surface area contributed by atoms with Crippen molar-refractivity contribution in [1.29, 1.82) is 5.26 Å². The van der Waals surface area contributed by atoms with Gasteiger partial charge in [0, 0.05) is 30.4 Å². The van der Waals surface area contributed by atoms with E-state index >= 15 is 0 Å². The number of aromatic nitrogens is 5. The summed E-state index contributed by atoms with van der Waals surface area (Å²) in [5.41, 5.74) is 4.15. The van der Waals surface area contributed by atoms with Gasteiger partial charge in [0.05, 0.1) is 29.5 Å². The minimum atomic E-state index is -3.34. The van der Waals surface area contributed by atoms with Crippen LogP contribution in [-0.2, 0) is 16.4 Å². The molecule has 1 aliphatic rings. The third-order valence-electron chi connectivity index (χ3n) is 6.92. The van der Waals surface area contributed by atoms with Crippen LogP contribution < -0.4 is 9.21 Å². The van der Waals surface area contributed by atoms with Crippen LogP contribution in [0, 0.1) is 17.1 Å². The van der Waals surface area contributed by atoms with Crippen molar-refractivity contribution in [1.82, 2.24) is 24.3 Å². The van der Waals surface area contributed by atoms with Gasteiger partial charge in [-0.15, -0.1) is 0 Å². The number of rotatable bonds is 7. The number of hydrogen-bond acceptors (Lipinski definition) is 9. The van der Waals surface area contributed by atoms with E-state index < -0.39 is 10.0 Å². The summed E-state index contributed by atoms with van der Waals surface area (Å²) in [6, 6.07) is 12.0. The van der Waals surface area contributed by atoms with E-state index in [2.05, 4.69) is 16.0 Å². The molecule has 1 fully saturated rings. The molecule has 10 nitrogen and oxygen atoms in total. The maximum Gasteiger partial charge on any atom is 0.236 e. The Hall–Kier alpha value is -4.41. The van der Waals surface area contributed by atoms with Gasteiger partial charge in [0.2, 0.25) is 10.0 Å². The molecule has 0 atom stereocenters. The maximum atomic E-state index is 13.5. The van der Waals surface area contributed by atoms with E-state index in [-0.39, 0.29) is 11.6 Å². The van der Waals surface area contributed by atoms with Crippen LogP contribution in [0.15, 0.2) is 55.0 Å². The molecule has 0 saturated carbocycles. The number of thiazole rings is 1. The van der Waals surface area contributed by atoms with E-state index in [0.717, 1.165) is 22.7 Å². The molecule has 0 unspecified atom stereocenters. The fourth-order valence-corrected chi connectivity index (χ4v) is 7.38. The standard InChI is InChI=1S/C28H25FN8O2S2/c1-3-21-27(35(4-2)28-34-26(23(14-30)40-28)18-6-9-20(29)10-7-18)36-17-19(8-11-24(36)33-21)22-15-32-25(16-31-22)37-12-5-13-41(37,38)39/h6-11,15-17H,3-5,12-13H2,1-2H3. The molecular weight excluding hydrogens is 563 g/mol. The quantitative estimate of drug-likeness (QED) is 0.255. The molecule has 0 aliphatic carbocycles. The summed E-state index contributed by atoms with van der Waals surface area (Å²) < 4.78 is 41.4. The Labute approximate surface area is 240 Å². The summed E-state index contributed by atoms with van der Waals surface area (Å²) in [6.07, 6.45) is 6.23. The molecule has 1 aliphatic heterocycles. The molecular formula is C28H25FN8O2S2. The molecule has 5 heterocycles. The minimum absolute atomic E-state index is 0.116. The topological polar surface area (TPSA) is 120 Å². The van der Waals surface area contributed by atoms with Gasteiger partial charge < -0.3 is 4.90 Å². The molecule has 5 aromatic rings. The van der Waals surface area contributed by atoms with E-state index in [9.17, 15) is 18.1 Å². The van der Waals surface area contributed by atoms with E-state index in [1.807, 2.05) is 41.5 Å². The lowest BCUT2D eigenvalue weighted by Gasteiger charge is -2.21. The SMILES string of the molecule is CCc1nc2ccc(-c3cnc(N4CCCS4(=O)=O)cn3)cn2c1N(CC)c1nc(-c2ccc(F)cc2)c(C#N)s1. The number of fused-ring (bicyclic) bond motifs is 1. The number of halogens is 1. The summed E-state index contributed by atoms with van der Waals surface area (Å²) in [5, 5.41) is 10.5. The number of imidazole rings is 1. The van der Waals surface area contributed by atoms with Gasteiger partial charge in [0.15, 0.2) is 10.9 Å². The minimum Gasteiger partial charge on any atom is -0.302 e. The zero-order chi connectivity index (χ0) is 28.7. The Morgan fingerprint density at radius 1 is 1.07 bits per heavy atom. The second-order valence-corrected chi connectivity index (χ2v) is 12.4. The van der Waals surface area contributed by atoms with Gasteiger partial charge in [-0.25, -0.2) is 27.8 Å². The Morgan fingerprint density at radius 3 is 2.49 bits per heavy atom. The van der Waals surface area contributed by atoms with Crippen LogP contribution in [0.2, 0.25) is 0 Å². The van der Waals surface area contributed by atoms with Crippen LogP contribution in [-0.4, -0.2) is 51.6 Å². The number of benzene rings is 1. The van der Waals surface area contributed by atoms with Crippen molar-refractivity contribution in [3.8, 4) is 28.6 Å². The first kappa shape index (κ1) is 26.8. The molecule has 4 aromatic heterocycles. The zero-order valence-corrected chi connectivity index (χ0v) is 24.0. The molecule has 208 valence electrons. The Balaban J connectivity index is 1.41. The Kier molecular flexibility index (Phi) is 6.88. The second kappa shape index (κ2) is 10.5. The number of pyridine rings is 1. The molecule has 0 bridgehead atoms. The van der Waals surface area contributed by atoms with Gasteiger partial charge in [0.25, 0.3) is 0 Å². The van der Waals surface area contributed by atoms with Crippen molar-refractivity contribution < 1.29 is 12.8 Å². The van der Waals surface area contributed by atoms with Crippen LogP contribution in [0.5, 0.6) is 0 Å². The molecule has 1 saturated heterocycles. The fourth-order valence-electron chi connectivity index (χ4n) is 4.93. The second-order valence-electron chi connectivity index (χ2n) is 9.42. The lowest BCUT2D eigenvalue weighted by Crippen LogP contribution is -2.26. The first-order valence-corrected chi connectivity index (χ1v) is 15.5. The molecule has 1 aromatic carbocycles. The molecule has 0 spiro atoms. The zero-order valence-electron chi connectivity index (χ0n) is 22.3. The summed E-state index contributed by atoms with van der Waals surface area (Å²) in [6.45, 7) is 5.00. The average Bonchev–Trinajstić information content (AvgIpc) is 3.68. The molecule has 0 amide bonds. The number of anilines is 3. The van der Waals surface area contributed by atoms with Gasteiger partial charge in [-0.05, 0) is 56.2 Å². The number of nitriles is 1. The highest BCUT2D eigenvalue weighted by Crippen LogP contribution is 2.38. The van der Waals surface area contributed by atoms with E-state index in [1.54, 1.807) is 18.3 Å². The van der Waals surface area contributed by atoms with Crippen LogP contribution in [0.4, 0.5) is 21.2 Å². The highest BCUT2D eigenvalue weighted by atomic mass is 32.2. The van der Waals surface area contributed by atoms with E-state index in [0.29, 0.717) is 58.7 Å². The first-order chi connectivity index (χ1) is 19.8. The normalized spacial score (nSPS) is 14.4. The van der Waals surface area contributed by atoms with Crippen molar-refractivity contribution in [2.45, 2.75) is 26.7 Å². The van der Waals surface area contributed by atoms with Crippen molar-refractivity contribution in [2.75, 3.05) is 28.0 Å². The smallest absolute Gasteiger partial charge is 0.236 e. The molecule has 6 rings (SSSR count). The van der Waals surface area contributed by atoms with Crippen molar-refractivity contribution in [2.24, 2.45) is 0 Å². The predicted octanol–water partition coefficient (Wildman–Crippen LogP) is 5.19. The largest absolute Gasteiger partial charge is 0.302 e. The molecule has 0 N–H and O–H groups in total. The maximum absolute atomic E-state index is 13.5. The fraction of sp³-hybridized carbons (Fsp3) is 0.250. The van der Waals surface area contributed by atoms with Gasteiger partial charge in [-0.2, -0.15) is 5.26 Å². The van der Waals surface area contributed by atoms with E-state index in [4.69, 9.17) is 9.97 Å². The monoisotopic (exact) mass is 588 g/mol. The van der Waals surface area contributed by atoms with E-state index in [1.165, 1.54) is 34.0 Å². The number of hydrogen-bond donors (Lipinski definition) is 0. The van der Waals surface area contributed by atoms with Crippen LogP contribution in [0.1, 0.15) is 30.8 Å². The molecule has 41 heavy (non-hydrogen) atoms.